The zero-order chi connectivity index (χ0) is 22.3. The number of hydrogen-bond acceptors (Lipinski definition) is 5. The minimum Gasteiger partial charge on any atom is -0.460 e. The Kier molecular flexibility index (Phi) is 7.41. The first kappa shape index (κ1) is 22.5. The van der Waals surface area contributed by atoms with Gasteiger partial charge in [-0.05, 0) is 42.0 Å². The van der Waals surface area contributed by atoms with E-state index in [4.69, 9.17) is 4.42 Å². The first-order valence-electron chi connectivity index (χ1n) is 9.15. The van der Waals surface area contributed by atoms with Gasteiger partial charge in [-0.3, -0.25) is 4.79 Å². The van der Waals surface area contributed by atoms with Gasteiger partial charge < -0.3 is 9.73 Å². The molecule has 0 unspecified atom stereocenters. The number of nitrogens with one attached hydrogen (secondary N) is 2. The molecule has 0 aliphatic carbocycles. The highest BCUT2D eigenvalue weighted by atomic mass is 79.9. The summed E-state index contributed by atoms with van der Waals surface area (Å²) in [6.07, 6.45) is 1.31. The van der Waals surface area contributed by atoms with Crippen LogP contribution in [0.2, 0.25) is 0 Å². The Bertz CT molecular complexity index is 1230. The molecular weight excluding hydrogens is 482 g/mol. The number of sulfonamides is 1. The third kappa shape index (κ3) is 6.39. The molecule has 1 heterocycles. The number of nitrogens with zero attached hydrogens (tertiary/aromatic N) is 1. The normalized spacial score (nSPS) is 11.7. The van der Waals surface area contributed by atoms with Crippen molar-refractivity contribution in [3.05, 3.63) is 93.9 Å². The van der Waals surface area contributed by atoms with Crippen molar-refractivity contribution < 1.29 is 17.6 Å². The molecule has 1 aromatic heterocycles. The van der Waals surface area contributed by atoms with Crippen molar-refractivity contribution in [2.75, 3.05) is 0 Å². The number of hydrogen-bond donors (Lipinski definition) is 2. The molecule has 2 aromatic carbocycles. The average Bonchev–Trinajstić information content (AvgIpc) is 3.23. The van der Waals surface area contributed by atoms with Crippen molar-refractivity contribution in [1.29, 1.82) is 5.26 Å². The van der Waals surface area contributed by atoms with Crippen LogP contribution < -0.4 is 10.0 Å². The van der Waals surface area contributed by atoms with Gasteiger partial charge in [0.2, 0.25) is 10.0 Å². The molecule has 9 heteroatoms. The van der Waals surface area contributed by atoms with Gasteiger partial charge in [-0.25, -0.2) is 13.1 Å². The Morgan fingerprint density at radius 3 is 2.42 bits per heavy atom. The molecule has 0 fully saturated rings. The number of benzene rings is 2. The first-order valence-corrected chi connectivity index (χ1v) is 11.4. The van der Waals surface area contributed by atoms with E-state index in [0.29, 0.717) is 12.3 Å². The molecular formula is C22H18BrN3O4S. The van der Waals surface area contributed by atoms with E-state index in [0.717, 1.165) is 10.0 Å². The van der Waals surface area contributed by atoms with Gasteiger partial charge in [-0.1, -0.05) is 46.3 Å². The summed E-state index contributed by atoms with van der Waals surface area (Å²) in [7, 11) is -3.70. The molecule has 7 nitrogen and oxygen atoms in total. The highest BCUT2D eigenvalue weighted by molar-refractivity contribution is 9.10. The van der Waals surface area contributed by atoms with Gasteiger partial charge in [-0.15, -0.1) is 0 Å². The molecule has 3 aromatic rings. The molecule has 0 saturated heterocycles. The molecule has 31 heavy (non-hydrogen) atoms. The van der Waals surface area contributed by atoms with E-state index in [2.05, 4.69) is 26.0 Å². The quantitative estimate of drug-likeness (QED) is 0.362. The standard InChI is InChI=1S/C22H18BrN3O4S/c23-18-6-10-21(11-7-18)31(28,29)26-15-20-9-8-19(30-20)12-17(13-24)22(27)25-14-16-4-2-1-3-5-16/h1-12,26H,14-15H2,(H,25,27)/b17-12-. The second kappa shape index (κ2) is 10.2. The van der Waals surface area contributed by atoms with Crippen molar-refractivity contribution in [2.45, 2.75) is 18.0 Å². The number of furan rings is 1. The summed E-state index contributed by atoms with van der Waals surface area (Å²) in [5.74, 6) is 0.0819. The van der Waals surface area contributed by atoms with Crippen molar-refractivity contribution in [2.24, 2.45) is 0 Å². The SMILES string of the molecule is N#C/C(=C/c1ccc(CNS(=O)(=O)c2ccc(Br)cc2)o1)C(=O)NCc1ccccc1. The smallest absolute Gasteiger partial charge is 0.262 e. The summed E-state index contributed by atoms with van der Waals surface area (Å²) in [5.41, 5.74) is 0.791. The predicted molar refractivity (Wildman–Crippen MR) is 119 cm³/mol. The van der Waals surface area contributed by atoms with Crippen LogP contribution in [0.3, 0.4) is 0 Å². The lowest BCUT2D eigenvalue weighted by Gasteiger charge is -2.05. The number of carbonyl (C=O) groups excluding carboxylic acids is 1. The largest absolute Gasteiger partial charge is 0.460 e. The average molecular weight is 500 g/mol. The van der Waals surface area contributed by atoms with Gasteiger partial charge in [0.1, 0.15) is 23.2 Å². The molecule has 0 atom stereocenters. The van der Waals surface area contributed by atoms with Crippen molar-refractivity contribution in [1.82, 2.24) is 10.0 Å². The molecule has 158 valence electrons. The molecule has 0 bridgehead atoms. The third-order valence-electron chi connectivity index (χ3n) is 4.19. The van der Waals surface area contributed by atoms with Gasteiger partial charge >= 0.3 is 0 Å². The minimum atomic E-state index is -3.70. The summed E-state index contributed by atoms with van der Waals surface area (Å²) in [5, 5.41) is 12.0. The van der Waals surface area contributed by atoms with E-state index in [1.807, 2.05) is 36.4 Å². The van der Waals surface area contributed by atoms with E-state index >= 15 is 0 Å². The van der Waals surface area contributed by atoms with Crippen LogP contribution in [0.1, 0.15) is 17.1 Å². The maximum absolute atomic E-state index is 12.3. The Morgan fingerprint density at radius 1 is 1.03 bits per heavy atom. The maximum Gasteiger partial charge on any atom is 0.262 e. The van der Waals surface area contributed by atoms with Crippen LogP contribution in [0.15, 0.2) is 86.1 Å². The van der Waals surface area contributed by atoms with Gasteiger partial charge in [0.15, 0.2) is 0 Å². The molecule has 3 rings (SSSR count). The van der Waals surface area contributed by atoms with Crippen LogP contribution in [0.5, 0.6) is 0 Å². The van der Waals surface area contributed by atoms with Crippen molar-refractivity contribution in [3.8, 4) is 6.07 Å². The Labute approximate surface area is 188 Å². The molecule has 1 amide bonds. The van der Waals surface area contributed by atoms with Gasteiger partial charge in [0, 0.05) is 17.1 Å². The number of amides is 1. The second-order valence-electron chi connectivity index (χ2n) is 6.42. The highest BCUT2D eigenvalue weighted by Gasteiger charge is 2.15. The Morgan fingerprint density at radius 2 is 1.74 bits per heavy atom. The lowest BCUT2D eigenvalue weighted by Crippen LogP contribution is -2.23. The van der Waals surface area contributed by atoms with Crippen molar-refractivity contribution in [3.63, 3.8) is 0 Å². The van der Waals surface area contributed by atoms with E-state index < -0.39 is 15.9 Å². The van der Waals surface area contributed by atoms with Crippen LogP contribution >= 0.6 is 15.9 Å². The van der Waals surface area contributed by atoms with E-state index in [9.17, 15) is 18.5 Å². The van der Waals surface area contributed by atoms with Gasteiger partial charge in [0.05, 0.1) is 11.4 Å². The monoisotopic (exact) mass is 499 g/mol. The topological polar surface area (TPSA) is 112 Å². The summed E-state index contributed by atoms with van der Waals surface area (Å²) in [6.45, 7) is 0.217. The van der Waals surface area contributed by atoms with Crippen LogP contribution in [0, 0.1) is 11.3 Å². The summed E-state index contributed by atoms with van der Waals surface area (Å²) in [6, 6.07) is 20.5. The first-order chi connectivity index (χ1) is 14.9. The van der Waals surface area contributed by atoms with E-state index in [1.54, 1.807) is 24.3 Å². The molecule has 0 aliphatic heterocycles. The molecule has 0 saturated carbocycles. The Hall–Kier alpha value is -3.19. The highest BCUT2D eigenvalue weighted by Crippen LogP contribution is 2.16. The molecule has 0 spiro atoms. The number of rotatable bonds is 8. The molecule has 2 N–H and O–H groups in total. The second-order valence-corrected chi connectivity index (χ2v) is 9.10. The lowest BCUT2D eigenvalue weighted by molar-refractivity contribution is -0.117. The van der Waals surface area contributed by atoms with Crippen LogP contribution in [-0.4, -0.2) is 14.3 Å². The van der Waals surface area contributed by atoms with Crippen molar-refractivity contribution >= 4 is 37.9 Å². The van der Waals surface area contributed by atoms with Crippen LogP contribution in [0.25, 0.3) is 6.08 Å². The lowest BCUT2D eigenvalue weighted by atomic mass is 10.2. The fourth-order valence-electron chi connectivity index (χ4n) is 2.59. The predicted octanol–water partition coefficient (Wildman–Crippen LogP) is 3.74. The fraction of sp³-hybridized carbons (Fsp3) is 0.0909. The van der Waals surface area contributed by atoms with Crippen LogP contribution in [0.4, 0.5) is 0 Å². The number of nitriles is 1. The maximum atomic E-state index is 12.3. The van der Waals surface area contributed by atoms with E-state index in [-0.39, 0.29) is 22.8 Å². The number of carbonyl (C=O) groups is 1. The summed E-state index contributed by atoms with van der Waals surface area (Å²) < 4.78 is 33.5. The Balaban J connectivity index is 1.62. The fourth-order valence-corrected chi connectivity index (χ4v) is 3.85. The third-order valence-corrected chi connectivity index (χ3v) is 6.14. The molecule has 0 aliphatic rings. The van der Waals surface area contributed by atoms with Gasteiger partial charge in [0.25, 0.3) is 5.91 Å². The van der Waals surface area contributed by atoms with Gasteiger partial charge in [-0.2, -0.15) is 5.26 Å². The van der Waals surface area contributed by atoms with E-state index in [1.165, 1.54) is 18.2 Å². The minimum absolute atomic E-state index is 0.0751. The van der Waals surface area contributed by atoms with Crippen LogP contribution in [-0.2, 0) is 27.9 Å². The summed E-state index contributed by atoms with van der Waals surface area (Å²) in [4.78, 5) is 12.4. The zero-order valence-electron chi connectivity index (χ0n) is 16.2. The summed E-state index contributed by atoms with van der Waals surface area (Å²) >= 11 is 3.26. The zero-order valence-corrected chi connectivity index (χ0v) is 18.6. The molecule has 0 radical (unpaired) electrons. The number of halogens is 1.